The Morgan fingerprint density at radius 2 is 1.64 bits per heavy atom. The van der Waals surface area contributed by atoms with E-state index in [9.17, 15) is 24.5 Å². The Bertz CT molecular complexity index is 1690. The normalized spacial score (nSPS) is 11.6. The number of nitrogens with one attached hydrogen (secondary N) is 2. The molecular weight excluding hydrogens is 544 g/mol. The molecule has 0 spiro atoms. The Labute approximate surface area is 238 Å². The van der Waals surface area contributed by atoms with E-state index in [-0.39, 0.29) is 47.2 Å². The second-order valence-corrected chi connectivity index (χ2v) is 8.92. The van der Waals surface area contributed by atoms with Crippen LogP contribution in [0.3, 0.4) is 0 Å². The first kappa shape index (κ1) is 27.5. The van der Waals surface area contributed by atoms with Gasteiger partial charge in [0, 0.05) is 28.9 Å². The summed E-state index contributed by atoms with van der Waals surface area (Å²) in [7, 11) is 0. The molecule has 0 atom stereocenters. The Morgan fingerprint density at radius 1 is 0.905 bits per heavy atom. The molecule has 1 aliphatic rings. The van der Waals surface area contributed by atoms with Gasteiger partial charge in [-0.05, 0) is 54.1 Å². The molecule has 0 aliphatic carbocycles. The molecule has 0 bridgehead atoms. The van der Waals surface area contributed by atoms with Crippen LogP contribution >= 0.6 is 0 Å². The predicted molar refractivity (Wildman–Crippen MR) is 151 cm³/mol. The van der Waals surface area contributed by atoms with Crippen LogP contribution in [-0.4, -0.2) is 35.7 Å². The highest BCUT2D eigenvalue weighted by molar-refractivity contribution is 5.97. The number of carbonyl (C=O) groups is 3. The van der Waals surface area contributed by atoms with Crippen LogP contribution in [0.15, 0.2) is 96.1 Å². The minimum absolute atomic E-state index is 0.0168. The van der Waals surface area contributed by atoms with Crippen molar-refractivity contribution < 1.29 is 33.5 Å². The molecule has 42 heavy (non-hydrogen) atoms. The van der Waals surface area contributed by atoms with Crippen molar-refractivity contribution in [2.45, 2.75) is 6.42 Å². The molecule has 12 nitrogen and oxygen atoms in total. The third kappa shape index (κ3) is 6.74. The third-order valence-corrected chi connectivity index (χ3v) is 6.02. The Hall–Kier alpha value is -6.04. The first-order valence-corrected chi connectivity index (χ1v) is 12.5. The van der Waals surface area contributed by atoms with Crippen molar-refractivity contribution in [1.82, 2.24) is 5.43 Å². The number of anilines is 1. The molecule has 210 valence electrons. The van der Waals surface area contributed by atoms with Gasteiger partial charge in [0.25, 0.3) is 11.6 Å². The van der Waals surface area contributed by atoms with Gasteiger partial charge in [-0.25, -0.2) is 10.2 Å². The SMILES string of the molecule is O=C(Cc1ccccc1)Nc1ccc(C(=O)N/N=C/c2cc([N+](=O)[O-])ccc2OC(=O)c2ccc3c(c2)OCO3)cc1. The molecule has 0 aromatic heterocycles. The van der Waals surface area contributed by atoms with Gasteiger partial charge in [-0.15, -0.1) is 0 Å². The quantitative estimate of drug-likeness (QED) is 0.0986. The molecule has 1 heterocycles. The zero-order valence-corrected chi connectivity index (χ0v) is 21.8. The van der Waals surface area contributed by atoms with Gasteiger partial charge in [-0.3, -0.25) is 19.7 Å². The van der Waals surface area contributed by atoms with Crippen molar-refractivity contribution in [1.29, 1.82) is 0 Å². The van der Waals surface area contributed by atoms with Crippen molar-refractivity contribution in [3.63, 3.8) is 0 Å². The van der Waals surface area contributed by atoms with Crippen LogP contribution in [-0.2, 0) is 11.2 Å². The van der Waals surface area contributed by atoms with Crippen LogP contribution in [0.4, 0.5) is 11.4 Å². The highest BCUT2D eigenvalue weighted by atomic mass is 16.7. The maximum absolute atomic E-state index is 12.7. The van der Waals surface area contributed by atoms with Crippen molar-refractivity contribution in [2.75, 3.05) is 12.1 Å². The zero-order valence-electron chi connectivity index (χ0n) is 21.8. The van der Waals surface area contributed by atoms with E-state index in [1.807, 2.05) is 30.3 Å². The summed E-state index contributed by atoms with van der Waals surface area (Å²) in [5.41, 5.74) is 3.96. The van der Waals surface area contributed by atoms with E-state index >= 15 is 0 Å². The van der Waals surface area contributed by atoms with Crippen molar-refractivity contribution in [3.8, 4) is 17.2 Å². The number of hydrazone groups is 1. The van der Waals surface area contributed by atoms with Gasteiger partial charge >= 0.3 is 5.97 Å². The number of fused-ring (bicyclic) bond motifs is 1. The summed E-state index contributed by atoms with van der Waals surface area (Å²) in [6.45, 7) is 0.0397. The predicted octanol–water partition coefficient (Wildman–Crippen LogP) is 4.49. The summed E-state index contributed by atoms with van der Waals surface area (Å²) in [4.78, 5) is 48.3. The number of rotatable bonds is 9. The lowest BCUT2D eigenvalue weighted by atomic mass is 10.1. The average Bonchev–Trinajstić information content (AvgIpc) is 3.47. The van der Waals surface area contributed by atoms with Crippen LogP contribution < -0.4 is 25.0 Å². The second-order valence-electron chi connectivity index (χ2n) is 8.92. The maximum atomic E-state index is 12.7. The van der Waals surface area contributed by atoms with Crippen LogP contribution in [0.25, 0.3) is 0 Å². The molecule has 0 saturated carbocycles. The van der Waals surface area contributed by atoms with Gasteiger partial charge in [0.15, 0.2) is 11.5 Å². The van der Waals surface area contributed by atoms with E-state index in [2.05, 4.69) is 15.8 Å². The summed E-state index contributed by atoms with van der Waals surface area (Å²) in [6.07, 6.45) is 1.34. The van der Waals surface area contributed by atoms with Crippen molar-refractivity contribution >= 4 is 35.4 Å². The first-order valence-electron chi connectivity index (χ1n) is 12.5. The number of amides is 2. The Kier molecular flexibility index (Phi) is 8.14. The molecular formula is C30H22N4O8. The van der Waals surface area contributed by atoms with E-state index < -0.39 is 16.8 Å². The fourth-order valence-electron chi connectivity index (χ4n) is 3.94. The summed E-state index contributed by atoms with van der Waals surface area (Å²) >= 11 is 0. The Morgan fingerprint density at radius 3 is 2.40 bits per heavy atom. The molecule has 1 aliphatic heterocycles. The minimum Gasteiger partial charge on any atom is -0.454 e. The minimum atomic E-state index is -0.739. The van der Waals surface area contributed by atoms with E-state index in [0.29, 0.717) is 17.2 Å². The molecule has 2 amide bonds. The number of hydrogen-bond acceptors (Lipinski definition) is 9. The number of esters is 1. The number of nitro benzene ring substituents is 1. The second kappa shape index (κ2) is 12.4. The fourth-order valence-corrected chi connectivity index (χ4v) is 3.94. The summed E-state index contributed by atoms with van der Waals surface area (Å²) in [5.74, 6) is -0.644. The third-order valence-electron chi connectivity index (χ3n) is 6.02. The van der Waals surface area contributed by atoms with Crippen LogP contribution in [0.5, 0.6) is 17.2 Å². The molecule has 12 heteroatoms. The van der Waals surface area contributed by atoms with Gasteiger partial charge < -0.3 is 19.5 Å². The van der Waals surface area contributed by atoms with Crippen molar-refractivity contribution in [2.24, 2.45) is 5.10 Å². The lowest BCUT2D eigenvalue weighted by molar-refractivity contribution is -0.384. The number of carbonyl (C=O) groups excluding carboxylic acids is 3. The number of ether oxygens (including phenoxy) is 3. The van der Waals surface area contributed by atoms with Gasteiger partial charge in [-0.1, -0.05) is 30.3 Å². The standard InChI is InChI=1S/C30H22N4O8/c35-28(14-19-4-2-1-3-5-19)32-23-9-6-20(7-10-23)29(36)33-31-17-22-15-24(34(38)39)11-13-25(22)42-30(37)21-8-12-26-27(16-21)41-18-40-26/h1-13,15-17H,14,18H2,(H,32,35)(H,33,36)/b31-17+. The van der Waals surface area contributed by atoms with Gasteiger partial charge in [0.05, 0.1) is 23.1 Å². The Balaban J connectivity index is 1.23. The molecule has 0 fully saturated rings. The lowest BCUT2D eigenvalue weighted by Crippen LogP contribution is -2.18. The highest BCUT2D eigenvalue weighted by Gasteiger charge is 2.19. The van der Waals surface area contributed by atoms with E-state index in [1.54, 1.807) is 18.2 Å². The zero-order chi connectivity index (χ0) is 29.5. The van der Waals surface area contributed by atoms with Gasteiger partial charge in [0.2, 0.25) is 12.7 Å². The number of nitro groups is 1. The van der Waals surface area contributed by atoms with Gasteiger partial charge in [0.1, 0.15) is 5.75 Å². The topological polar surface area (TPSA) is 158 Å². The smallest absolute Gasteiger partial charge is 0.343 e. The molecule has 5 rings (SSSR count). The van der Waals surface area contributed by atoms with E-state index in [4.69, 9.17) is 14.2 Å². The number of benzene rings is 4. The number of hydrogen-bond donors (Lipinski definition) is 2. The summed E-state index contributed by atoms with van der Waals surface area (Å²) in [5, 5.41) is 18.0. The van der Waals surface area contributed by atoms with E-state index in [1.165, 1.54) is 36.4 Å². The maximum Gasteiger partial charge on any atom is 0.343 e. The first-order chi connectivity index (χ1) is 20.4. The van der Waals surface area contributed by atoms with Crippen LogP contribution in [0.1, 0.15) is 31.8 Å². The summed E-state index contributed by atoms with van der Waals surface area (Å²) < 4.78 is 16.0. The molecule has 0 unspecified atom stereocenters. The lowest BCUT2D eigenvalue weighted by Gasteiger charge is -2.08. The molecule has 0 radical (unpaired) electrons. The van der Waals surface area contributed by atoms with Crippen LogP contribution in [0.2, 0.25) is 0 Å². The summed E-state index contributed by atoms with van der Waals surface area (Å²) in [6, 6.07) is 23.6. The molecule has 2 N–H and O–H groups in total. The highest BCUT2D eigenvalue weighted by Crippen LogP contribution is 2.33. The van der Waals surface area contributed by atoms with Crippen molar-refractivity contribution in [3.05, 3.63) is 123 Å². The largest absolute Gasteiger partial charge is 0.454 e. The molecule has 4 aromatic carbocycles. The van der Waals surface area contributed by atoms with E-state index in [0.717, 1.165) is 17.8 Å². The van der Waals surface area contributed by atoms with Crippen LogP contribution in [0, 0.1) is 10.1 Å². The number of nitrogens with zero attached hydrogens (tertiary/aromatic N) is 2. The average molecular weight is 567 g/mol. The monoisotopic (exact) mass is 566 g/mol. The molecule has 4 aromatic rings. The fraction of sp³-hybridized carbons (Fsp3) is 0.0667. The molecule has 0 saturated heterocycles. The number of non-ortho nitro benzene ring substituents is 1. The van der Waals surface area contributed by atoms with Gasteiger partial charge in [-0.2, -0.15) is 5.10 Å².